The van der Waals surface area contributed by atoms with Crippen LogP contribution in [0.3, 0.4) is 0 Å². The molecule has 0 saturated carbocycles. The monoisotopic (exact) mass is 385 g/mol. The Hall–Kier alpha value is -3.02. The van der Waals surface area contributed by atoms with Crippen LogP contribution in [0.25, 0.3) is 0 Å². The van der Waals surface area contributed by atoms with E-state index in [2.05, 4.69) is 14.8 Å². The second-order valence-corrected chi connectivity index (χ2v) is 5.56. The number of carbonyl (C=O) groups is 4. The summed E-state index contributed by atoms with van der Waals surface area (Å²) in [6.07, 6.45) is -3.02. The van der Waals surface area contributed by atoms with Crippen molar-refractivity contribution in [3.8, 4) is 0 Å². The number of methoxy groups -OCH3 is 1. The highest BCUT2D eigenvalue weighted by Crippen LogP contribution is 2.34. The molecule has 1 unspecified atom stereocenters. The summed E-state index contributed by atoms with van der Waals surface area (Å²) < 4.78 is 26.8. The number of carbonyl (C=O) groups excluding carboxylic acids is 4. The normalized spacial score (nSPS) is 24.1. The quantitative estimate of drug-likeness (QED) is 0.456. The van der Waals surface area contributed by atoms with E-state index in [1.165, 1.54) is 34.2 Å². The van der Waals surface area contributed by atoms with Crippen LogP contribution in [0, 0.1) is 0 Å². The zero-order chi connectivity index (χ0) is 20.1. The van der Waals surface area contributed by atoms with Crippen molar-refractivity contribution < 1.29 is 42.9 Å². The zero-order valence-corrected chi connectivity index (χ0v) is 15.1. The van der Waals surface area contributed by atoms with Crippen molar-refractivity contribution in [2.24, 2.45) is 0 Å². The summed E-state index contributed by atoms with van der Waals surface area (Å²) in [5.41, 5.74) is 0. The van der Waals surface area contributed by atoms with Gasteiger partial charge in [-0.15, -0.1) is 5.10 Å². The number of aromatic nitrogens is 3. The van der Waals surface area contributed by atoms with E-state index >= 15 is 0 Å². The first-order chi connectivity index (χ1) is 12.7. The molecule has 4 atom stereocenters. The summed E-state index contributed by atoms with van der Waals surface area (Å²) in [5.74, 6) is -2.89. The Morgan fingerprint density at radius 2 is 1.70 bits per heavy atom. The Labute approximate surface area is 153 Å². The minimum Gasteiger partial charge on any atom is -0.463 e. The third-order valence-corrected chi connectivity index (χ3v) is 3.48. The third-order valence-electron chi connectivity index (χ3n) is 3.48. The maximum Gasteiger partial charge on any atom is 0.377 e. The zero-order valence-electron chi connectivity index (χ0n) is 15.1. The van der Waals surface area contributed by atoms with E-state index in [4.69, 9.17) is 18.9 Å². The minimum atomic E-state index is -1.11. The van der Waals surface area contributed by atoms with Crippen LogP contribution in [0.2, 0.25) is 0 Å². The highest BCUT2D eigenvalue weighted by atomic mass is 16.7. The average molecular weight is 385 g/mol. The first kappa shape index (κ1) is 20.3. The van der Waals surface area contributed by atoms with E-state index in [9.17, 15) is 19.2 Å². The molecule has 12 heteroatoms. The standard InChI is InChI=1S/C15H19N3O9/c1-7(19)24-5-10-11(25-8(2)20)12(26-9(3)21)14(27-10)18-6-16-13(17-18)15(22)23-4/h6,10-12,14H,5H2,1-4H3/t10?,11-,12-,14+/m1/s1. The lowest BCUT2D eigenvalue weighted by molar-refractivity contribution is -0.166. The van der Waals surface area contributed by atoms with Crippen LogP contribution in [0.15, 0.2) is 6.33 Å². The van der Waals surface area contributed by atoms with Gasteiger partial charge in [-0.05, 0) is 0 Å². The molecule has 1 fully saturated rings. The predicted molar refractivity (Wildman–Crippen MR) is 83.0 cm³/mol. The van der Waals surface area contributed by atoms with E-state index < -0.39 is 48.4 Å². The number of rotatable bonds is 6. The number of hydrogen-bond donors (Lipinski definition) is 0. The van der Waals surface area contributed by atoms with Crippen molar-refractivity contribution in [2.45, 2.75) is 45.3 Å². The molecule has 0 amide bonds. The fraction of sp³-hybridized carbons (Fsp3) is 0.600. The molecule has 1 aliphatic heterocycles. The topological polar surface area (TPSA) is 145 Å². The van der Waals surface area contributed by atoms with Gasteiger partial charge in [0.25, 0.3) is 5.82 Å². The van der Waals surface area contributed by atoms with Crippen molar-refractivity contribution in [2.75, 3.05) is 13.7 Å². The Kier molecular flexibility index (Phi) is 6.45. The van der Waals surface area contributed by atoms with Crippen LogP contribution in [0.1, 0.15) is 37.6 Å². The molecular formula is C15H19N3O9. The summed E-state index contributed by atoms with van der Waals surface area (Å²) in [4.78, 5) is 49.4. The minimum absolute atomic E-state index is 0.241. The van der Waals surface area contributed by atoms with Gasteiger partial charge in [0, 0.05) is 20.8 Å². The van der Waals surface area contributed by atoms with E-state index in [0.29, 0.717) is 0 Å². The largest absolute Gasteiger partial charge is 0.463 e. The van der Waals surface area contributed by atoms with Gasteiger partial charge < -0.3 is 23.7 Å². The van der Waals surface area contributed by atoms with Gasteiger partial charge in [-0.1, -0.05) is 0 Å². The maximum absolute atomic E-state index is 11.5. The fourth-order valence-electron chi connectivity index (χ4n) is 2.49. The summed E-state index contributed by atoms with van der Waals surface area (Å²) in [6.45, 7) is 3.30. The maximum atomic E-state index is 11.5. The molecule has 0 bridgehead atoms. The summed E-state index contributed by atoms with van der Waals surface area (Å²) >= 11 is 0. The summed E-state index contributed by atoms with van der Waals surface area (Å²) in [5, 5.41) is 3.93. The number of hydrogen-bond acceptors (Lipinski definition) is 11. The predicted octanol–water partition coefficient (Wildman–Crippen LogP) is -0.611. The second-order valence-electron chi connectivity index (χ2n) is 5.56. The van der Waals surface area contributed by atoms with Gasteiger partial charge in [-0.3, -0.25) is 14.4 Å². The molecule has 1 saturated heterocycles. The third kappa shape index (κ3) is 5.00. The Balaban J connectivity index is 2.33. The van der Waals surface area contributed by atoms with Gasteiger partial charge in [0.1, 0.15) is 19.0 Å². The van der Waals surface area contributed by atoms with Gasteiger partial charge in [0.05, 0.1) is 7.11 Å². The summed E-state index contributed by atoms with van der Waals surface area (Å²) in [6, 6.07) is 0. The molecular weight excluding hydrogens is 366 g/mol. The van der Waals surface area contributed by atoms with E-state index in [0.717, 1.165) is 4.68 Å². The van der Waals surface area contributed by atoms with Crippen LogP contribution >= 0.6 is 0 Å². The summed E-state index contributed by atoms with van der Waals surface area (Å²) in [7, 11) is 1.17. The lowest BCUT2D eigenvalue weighted by Gasteiger charge is -2.23. The Bertz CT molecular complexity index is 732. The van der Waals surface area contributed by atoms with Crippen LogP contribution in [-0.4, -0.2) is 70.7 Å². The van der Waals surface area contributed by atoms with E-state index in [-0.39, 0.29) is 12.4 Å². The highest BCUT2D eigenvalue weighted by molar-refractivity contribution is 5.84. The van der Waals surface area contributed by atoms with Gasteiger partial charge in [-0.2, -0.15) is 0 Å². The van der Waals surface area contributed by atoms with Crippen molar-refractivity contribution >= 4 is 23.9 Å². The molecule has 1 aromatic heterocycles. The smallest absolute Gasteiger partial charge is 0.377 e. The Morgan fingerprint density at radius 3 is 2.26 bits per heavy atom. The molecule has 0 spiro atoms. The fourth-order valence-corrected chi connectivity index (χ4v) is 2.49. The molecule has 12 nitrogen and oxygen atoms in total. The lowest BCUT2D eigenvalue weighted by Crippen LogP contribution is -2.40. The first-order valence-corrected chi connectivity index (χ1v) is 7.85. The second kappa shape index (κ2) is 8.58. The van der Waals surface area contributed by atoms with Gasteiger partial charge in [0.2, 0.25) is 0 Å². The SMILES string of the molecule is COC(=O)c1ncn([C@H]2OC(COC(C)=O)[C@@H](OC(C)=O)[C@H]2OC(C)=O)n1. The molecule has 1 aliphatic rings. The number of nitrogens with zero attached hydrogens (tertiary/aromatic N) is 3. The van der Waals surface area contributed by atoms with Crippen molar-refractivity contribution in [3.63, 3.8) is 0 Å². The molecule has 2 heterocycles. The van der Waals surface area contributed by atoms with Crippen molar-refractivity contribution in [1.82, 2.24) is 14.8 Å². The molecule has 0 radical (unpaired) electrons. The molecule has 0 aromatic carbocycles. The van der Waals surface area contributed by atoms with Crippen LogP contribution in [0.4, 0.5) is 0 Å². The lowest BCUT2D eigenvalue weighted by atomic mass is 10.1. The first-order valence-electron chi connectivity index (χ1n) is 7.85. The average Bonchev–Trinajstić information content (AvgIpc) is 3.18. The van der Waals surface area contributed by atoms with Gasteiger partial charge >= 0.3 is 23.9 Å². The highest BCUT2D eigenvalue weighted by Gasteiger charge is 2.51. The van der Waals surface area contributed by atoms with Crippen molar-refractivity contribution in [1.29, 1.82) is 0 Å². The van der Waals surface area contributed by atoms with Crippen molar-refractivity contribution in [3.05, 3.63) is 12.2 Å². The molecule has 0 N–H and O–H groups in total. The molecule has 0 aliphatic carbocycles. The molecule has 27 heavy (non-hydrogen) atoms. The van der Waals surface area contributed by atoms with Crippen LogP contribution in [0.5, 0.6) is 0 Å². The number of ether oxygens (including phenoxy) is 5. The molecule has 148 valence electrons. The van der Waals surface area contributed by atoms with Gasteiger partial charge in [-0.25, -0.2) is 14.5 Å². The number of esters is 4. The molecule has 1 aromatic rings. The van der Waals surface area contributed by atoms with E-state index in [1.807, 2.05) is 0 Å². The molecule has 2 rings (SSSR count). The van der Waals surface area contributed by atoms with Crippen LogP contribution < -0.4 is 0 Å². The van der Waals surface area contributed by atoms with Crippen LogP contribution in [-0.2, 0) is 38.1 Å². The van der Waals surface area contributed by atoms with E-state index in [1.54, 1.807) is 0 Å². The van der Waals surface area contributed by atoms with Gasteiger partial charge in [0.15, 0.2) is 18.4 Å². The Morgan fingerprint density at radius 1 is 1.07 bits per heavy atom.